The number of nitrogens with one attached hydrogen (secondary N) is 1. The van der Waals surface area contributed by atoms with Crippen molar-refractivity contribution in [3.63, 3.8) is 0 Å². The van der Waals surface area contributed by atoms with Crippen molar-refractivity contribution in [3.05, 3.63) is 64.2 Å². The molecule has 0 spiro atoms. The van der Waals surface area contributed by atoms with Crippen molar-refractivity contribution in [1.82, 2.24) is 34.4 Å². The Bertz CT molecular complexity index is 1210. The molecule has 9 nitrogen and oxygen atoms in total. The molecule has 0 aliphatic heterocycles. The number of aromatic amines is 1. The summed E-state index contributed by atoms with van der Waals surface area (Å²) in [5.74, 6) is 0.485. The quantitative estimate of drug-likeness (QED) is 0.586. The Morgan fingerprint density at radius 3 is 2.81 bits per heavy atom. The summed E-state index contributed by atoms with van der Waals surface area (Å²) < 4.78 is 1.53. The average molecular weight is 363 g/mol. The first kappa shape index (κ1) is 16.8. The van der Waals surface area contributed by atoms with Crippen LogP contribution in [0.4, 0.5) is 0 Å². The number of amides is 1. The van der Waals surface area contributed by atoms with Crippen LogP contribution in [0.5, 0.6) is 0 Å². The summed E-state index contributed by atoms with van der Waals surface area (Å²) in [7, 11) is 0. The number of H-pyrrole nitrogens is 1. The zero-order chi connectivity index (χ0) is 19.0. The number of benzene rings is 1. The smallest absolute Gasteiger partial charge is 0.294 e. The van der Waals surface area contributed by atoms with E-state index in [9.17, 15) is 9.59 Å². The SMILES string of the molecule is CCN(Cc1nc2ccccc2c(=O)[nH]1)C(=O)c1nc2nccc(C)n2n1. The average Bonchev–Trinajstić information content (AvgIpc) is 3.11. The Kier molecular flexibility index (Phi) is 4.11. The van der Waals surface area contributed by atoms with Gasteiger partial charge in [-0.15, -0.1) is 5.10 Å². The standard InChI is InChI=1S/C18H17N7O2/c1-3-24(10-14-20-13-7-5-4-6-12(13)16(26)21-14)17(27)15-22-18-19-9-8-11(2)25(18)23-15/h4-9H,3,10H2,1-2H3,(H,20,21,26). The fourth-order valence-electron chi connectivity index (χ4n) is 2.86. The van der Waals surface area contributed by atoms with Crippen molar-refractivity contribution < 1.29 is 4.79 Å². The molecule has 0 unspecified atom stereocenters. The van der Waals surface area contributed by atoms with Gasteiger partial charge < -0.3 is 9.88 Å². The number of carbonyl (C=O) groups is 1. The van der Waals surface area contributed by atoms with Crippen LogP contribution in [0.25, 0.3) is 16.7 Å². The fourth-order valence-corrected chi connectivity index (χ4v) is 2.86. The molecule has 27 heavy (non-hydrogen) atoms. The van der Waals surface area contributed by atoms with Crippen molar-refractivity contribution in [2.75, 3.05) is 6.54 Å². The van der Waals surface area contributed by atoms with E-state index in [2.05, 4.69) is 25.0 Å². The molecular formula is C18H17N7O2. The molecule has 0 atom stereocenters. The number of carbonyl (C=O) groups excluding carboxylic acids is 1. The third-order valence-electron chi connectivity index (χ3n) is 4.29. The van der Waals surface area contributed by atoms with E-state index < -0.39 is 0 Å². The van der Waals surface area contributed by atoms with Gasteiger partial charge in [-0.05, 0) is 32.0 Å². The van der Waals surface area contributed by atoms with E-state index >= 15 is 0 Å². The van der Waals surface area contributed by atoms with Crippen molar-refractivity contribution >= 4 is 22.6 Å². The minimum atomic E-state index is -0.349. The monoisotopic (exact) mass is 363 g/mol. The van der Waals surface area contributed by atoms with Crippen molar-refractivity contribution in [1.29, 1.82) is 0 Å². The van der Waals surface area contributed by atoms with Crippen LogP contribution in [0.15, 0.2) is 41.3 Å². The Morgan fingerprint density at radius 1 is 1.22 bits per heavy atom. The molecule has 136 valence electrons. The van der Waals surface area contributed by atoms with Gasteiger partial charge in [-0.25, -0.2) is 14.5 Å². The number of aryl methyl sites for hydroxylation is 1. The van der Waals surface area contributed by atoms with Gasteiger partial charge in [0, 0.05) is 18.4 Å². The number of hydrogen-bond acceptors (Lipinski definition) is 6. The van der Waals surface area contributed by atoms with E-state index in [4.69, 9.17) is 0 Å². The largest absolute Gasteiger partial charge is 0.329 e. The van der Waals surface area contributed by atoms with Crippen LogP contribution >= 0.6 is 0 Å². The van der Waals surface area contributed by atoms with Gasteiger partial charge in [0.25, 0.3) is 17.2 Å². The molecule has 0 saturated carbocycles. The Balaban J connectivity index is 1.66. The normalized spacial score (nSPS) is 11.2. The lowest BCUT2D eigenvalue weighted by Gasteiger charge is -2.18. The maximum atomic E-state index is 12.8. The minimum absolute atomic E-state index is 0.0572. The molecule has 1 aromatic carbocycles. The molecule has 4 rings (SSSR count). The summed E-state index contributed by atoms with van der Waals surface area (Å²) in [6.07, 6.45) is 1.62. The minimum Gasteiger partial charge on any atom is -0.329 e. The van der Waals surface area contributed by atoms with Gasteiger partial charge in [-0.3, -0.25) is 9.59 Å². The summed E-state index contributed by atoms with van der Waals surface area (Å²) >= 11 is 0. The molecule has 3 heterocycles. The van der Waals surface area contributed by atoms with Crippen LogP contribution in [0.3, 0.4) is 0 Å². The van der Waals surface area contributed by atoms with Crippen LogP contribution in [0, 0.1) is 6.92 Å². The maximum absolute atomic E-state index is 12.8. The van der Waals surface area contributed by atoms with Gasteiger partial charge in [-0.1, -0.05) is 12.1 Å². The summed E-state index contributed by atoms with van der Waals surface area (Å²) in [6.45, 7) is 4.27. The zero-order valence-corrected chi connectivity index (χ0v) is 14.9. The lowest BCUT2D eigenvalue weighted by molar-refractivity contribution is 0.0736. The molecule has 1 amide bonds. The predicted octanol–water partition coefficient (Wildman–Crippen LogP) is 1.33. The second kappa shape index (κ2) is 6.60. The zero-order valence-electron chi connectivity index (χ0n) is 14.9. The molecule has 0 aliphatic carbocycles. The highest BCUT2D eigenvalue weighted by atomic mass is 16.2. The molecular weight excluding hydrogens is 346 g/mol. The number of aromatic nitrogens is 6. The first-order valence-electron chi connectivity index (χ1n) is 8.52. The molecule has 0 bridgehead atoms. The number of nitrogens with zero attached hydrogens (tertiary/aromatic N) is 6. The second-order valence-electron chi connectivity index (χ2n) is 6.08. The number of fused-ring (bicyclic) bond motifs is 2. The van der Waals surface area contributed by atoms with E-state index in [1.165, 1.54) is 9.42 Å². The van der Waals surface area contributed by atoms with Crippen LogP contribution in [0.2, 0.25) is 0 Å². The fraction of sp³-hybridized carbons (Fsp3) is 0.222. The second-order valence-corrected chi connectivity index (χ2v) is 6.08. The van der Waals surface area contributed by atoms with Gasteiger partial charge in [-0.2, -0.15) is 4.98 Å². The molecule has 0 fully saturated rings. The van der Waals surface area contributed by atoms with Crippen molar-refractivity contribution in [2.24, 2.45) is 0 Å². The first-order chi connectivity index (χ1) is 13.1. The van der Waals surface area contributed by atoms with E-state index in [0.717, 1.165) is 5.69 Å². The van der Waals surface area contributed by atoms with Crippen LogP contribution < -0.4 is 5.56 Å². The van der Waals surface area contributed by atoms with Gasteiger partial charge in [0.15, 0.2) is 0 Å². The number of hydrogen-bond donors (Lipinski definition) is 1. The van der Waals surface area contributed by atoms with Crippen LogP contribution in [-0.2, 0) is 6.54 Å². The van der Waals surface area contributed by atoms with Crippen molar-refractivity contribution in [3.8, 4) is 0 Å². The third kappa shape index (κ3) is 3.03. The summed E-state index contributed by atoms with van der Waals surface area (Å²) in [5, 5.41) is 4.76. The highest BCUT2D eigenvalue weighted by Crippen LogP contribution is 2.10. The first-order valence-corrected chi connectivity index (χ1v) is 8.52. The summed E-state index contributed by atoms with van der Waals surface area (Å²) in [4.78, 5) is 42.1. The Morgan fingerprint density at radius 2 is 2.04 bits per heavy atom. The highest BCUT2D eigenvalue weighted by molar-refractivity contribution is 5.90. The summed E-state index contributed by atoms with van der Waals surface area (Å²) in [6, 6.07) is 8.87. The maximum Gasteiger partial charge on any atom is 0.294 e. The van der Waals surface area contributed by atoms with E-state index in [1.807, 2.05) is 19.9 Å². The number of rotatable bonds is 4. The van der Waals surface area contributed by atoms with Crippen LogP contribution in [-0.4, -0.2) is 46.9 Å². The van der Waals surface area contributed by atoms with Gasteiger partial charge in [0.1, 0.15) is 5.82 Å². The molecule has 0 radical (unpaired) electrons. The van der Waals surface area contributed by atoms with Gasteiger partial charge in [0.2, 0.25) is 5.82 Å². The van der Waals surface area contributed by atoms with Crippen molar-refractivity contribution in [2.45, 2.75) is 20.4 Å². The highest BCUT2D eigenvalue weighted by Gasteiger charge is 2.21. The molecule has 3 aromatic heterocycles. The van der Waals surface area contributed by atoms with E-state index in [0.29, 0.717) is 29.0 Å². The molecule has 9 heteroatoms. The lowest BCUT2D eigenvalue weighted by Crippen LogP contribution is -2.32. The summed E-state index contributed by atoms with van der Waals surface area (Å²) in [5.41, 5.74) is 1.19. The molecule has 1 N–H and O–H groups in total. The lowest BCUT2D eigenvalue weighted by atomic mass is 10.2. The molecule has 0 saturated heterocycles. The van der Waals surface area contributed by atoms with Gasteiger partial charge >= 0.3 is 0 Å². The topological polar surface area (TPSA) is 109 Å². The van der Waals surface area contributed by atoms with E-state index in [1.54, 1.807) is 30.5 Å². The Labute approximate surface area is 153 Å². The Hall–Kier alpha value is -3.62. The van der Waals surface area contributed by atoms with Crippen LogP contribution in [0.1, 0.15) is 29.1 Å². The molecule has 0 aliphatic rings. The van der Waals surface area contributed by atoms with Gasteiger partial charge in [0.05, 0.1) is 17.4 Å². The van der Waals surface area contributed by atoms with E-state index in [-0.39, 0.29) is 23.8 Å². The third-order valence-corrected chi connectivity index (χ3v) is 4.29. The molecule has 4 aromatic rings. The number of para-hydroxylation sites is 1. The predicted molar refractivity (Wildman–Crippen MR) is 98.3 cm³/mol.